The lowest BCUT2D eigenvalue weighted by Gasteiger charge is -2.34. The largest absolute Gasteiger partial charge is 0.396 e. The van der Waals surface area contributed by atoms with Gasteiger partial charge in [0.05, 0.1) is 11.3 Å². The van der Waals surface area contributed by atoms with Crippen LogP contribution in [-0.2, 0) is 9.59 Å². The van der Waals surface area contributed by atoms with Crippen molar-refractivity contribution in [2.45, 2.75) is 19.8 Å². The lowest BCUT2D eigenvalue weighted by molar-refractivity contribution is -0.120. The molecule has 0 bridgehead atoms. The summed E-state index contributed by atoms with van der Waals surface area (Å²) < 4.78 is 0. The van der Waals surface area contributed by atoms with Crippen molar-refractivity contribution in [2.24, 2.45) is 5.92 Å². The number of hydrogen-bond donors (Lipinski definition) is 1. The van der Waals surface area contributed by atoms with Crippen molar-refractivity contribution in [3.63, 3.8) is 0 Å². The quantitative estimate of drug-likeness (QED) is 0.782. The van der Waals surface area contributed by atoms with Gasteiger partial charge in [-0.3, -0.25) is 9.59 Å². The number of anilines is 1. The number of aliphatic hydroxyl groups is 1. The van der Waals surface area contributed by atoms with Crippen LogP contribution < -0.4 is 4.90 Å². The normalized spacial score (nSPS) is 20.0. The lowest BCUT2D eigenvalue weighted by atomic mass is 9.96. The third kappa shape index (κ3) is 3.68. The Kier molecular flexibility index (Phi) is 5.43. The summed E-state index contributed by atoms with van der Waals surface area (Å²) in [7, 11) is 0. The Hall–Kier alpha value is -2.63. The van der Waals surface area contributed by atoms with Crippen LogP contribution in [0.15, 0.2) is 54.2 Å². The Balaban J connectivity index is 1.82. The monoisotopic (exact) mass is 410 g/mol. The molecule has 2 aliphatic heterocycles. The van der Waals surface area contributed by atoms with Crippen molar-refractivity contribution in [3.8, 4) is 0 Å². The molecule has 2 heterocycles. The van der Waals surface area contributed by atoms with Crippen LogP contribution in [0.5, 0.6) is 0 Å². The maximum absolute atomic E-state index is 13.5. The van der Waals surface area contributed by atoms with Crippen molar-refractivity contribution in [3.05, 3.63) is 70.4 Å². The van der Waals surface area contributed by atoms with Crippen molar-refractivity contribution >= 4 is 34.7 Å². The topological polar surface area (TPSA) is 60.9 Å². The minimum absolute atomic E-state index is 0.0732. The fraction of sp³-hybridized carbons (Fsp3) is 0.304. The van der Waals surface area contributed by atoms with Crippen molar-refractivity contribution in [1.29, 1.82) is 0 Å². The first-order valence-electron chi connectivity index (χ1n) is 9.81. The van der Waals surface area contributed by atoms with Crippen LogP contribution in [0, 0.1) is 12.8 Å². The Morgan fingerprint density at radius 2 is 1.86 bits per heavy atom. The molecule has 1 N–H and O–H groups in total. The second kappa shape index (κ2) is 8.01. The SMILES string of the molecule is Cc1ccc(C2=C(N3CCCC(CO)C3)C(=O)N(c3cccc(Cl)c3)C2=O)cc1. The average molecular weight is 411 g/mol. The maximum atomic E-state index is 13.5. The molecule has 29 heavy (non-hydrogen) atoms. The van der Waals surface area contributed by atoms with Gasteiger partial charge in [0.15, 0.2) is 0 Å². The average Bonchev–Trinajstić information content (AvgIpc) is 2.99. The number of halogens is 1. The number of imide groups is 1. The van der Waals surface area contributed by atoms with Gasteiger partial charge in [0.25, 0.3) is 11.8 Å². The number of carbonyl (C=O) groups is 2. The summed E-state index contributed by atoms with van der Waals surface area (Å²) >= 11 is 6.11. The summed E-state index contributed by atoms with van der Waals surface area (Å²) in [5.41, 5.74) is 3.09. The van der Waals surface area contributed by atoms with E-state index in [4.69, 9.17) is 11.6 Å². The van der Waals surface area contributed by atoms with E-state index in [1.807, 2.05) is 36.1 Å². The number of amides is 2. The zero-order valence-corrected chi connectivity index (χ0v) is 17.0. The fourth-order valence-electron chi connectivity index (χ4n) is 4.06. The predicted molar refractivity (Wildman–Crippen MR) is 113 cm³/mol. The van der Waals surface area contributed by atoms with Gasteiger partial charge >= 0.3 is 0 Å². The van der Waals surface area contributed by atoms with Gasteiger partial charge in [0.2, 0.25) is 0 Å². The fourth-order valence-corrected chi connectivity index (χ4v) is 4.24. The Bertz CT molecular complexity index is 984. The first-order chi connectivity index (χ1) is 14.0. The van der Waals surface area contributed by atoms with Crippen LogP contribution in [0.25, 0.3) is 5.57 Å². The standard InChI is InChI=1S/C23H23ClN2O3/c1-15-7-9-17(10-8-15)20-21(25-11-3-4-16(13-25)14-27)23(29)26(22(20)28)19-6-2-5-18(24)12-19/h2,5-10,12,16,27H,3-4,11,13-14H2,1H3. The number of rotatable bonds is 4. The second-order valence-electron chi connectivity index (χ2n) is 7.65. The molecule has 1 atom stereocenters. The molecular weight excluding hydrogens is 388 g/mol. The molecule has 0 radical (unpaired) electrons. The van der Waals surface area contributed by atoms with E-state index >= 15 is 0 Å². The number of aryl methyl sites for hydroxylation is 1. The molecule has 6 heteroatoms. The third-order valence-electron chi connectivity index (χ3n) is 5.56. The number of nitrogens with zero attached hydrogens (tertiary/aromatic N) is 2. The number of likely N-dealkylation sites (tertiary alicyclic amines) is 1. The van der Waals surface area contributed by atoms with Crippen LogP contribution >= 0.6 is 11.6 Å². The summed E-state index contributed by atoms with van der Waals surface area (Å²) in [6.07, 6.45) is 1.79. The van der Waals surface area contributed by atoms with E-state index in [-0.39, 0.29) is 24.3 Å². The minimum Gasteiger partial charge on any atom is -0.396 e. The predicted octanol–water partition coefficient (Wildman–Crippen LogP) is 3.64. The molecule has 0 spiro atoms. The number of carbonyl (C=O) groups excluding carboxylic acids is 2. The van der Waals surface area contributed by atoms with E-state index in [0.717, 1.165) is 24.0 Å². The number of hydrogen-bond acceptors (Lipinski definition) is 4. The summed E-state index contributed by atoms with van der Waals surface area (Å²) in [4.78, 5) is 30.1. The molecular formula is C23H23ClN2O3. The van der Waals surface area contributed by atoms with Crippen LogP contribution in [0.1, 0.15) is 24.0 Å². The van der Waals surface area contributed by atoms with Crippen LogP contribution in [0.2, 0.25) is 5.02 Å². The molecule has 150 valence electrons. The minimum atomic E-state index is -0.345. The van der Waals surface area contributed by atoms with E-state index in [1.54, 1.807) is 24.3 Å². The molecule has 5 nitrogen and oxygen atoms in total. The third-order valence-corrected chi connectivity index (χ3v) is 5.79. The molecule has 2 amide bonds. The lowest BCUT2D eigenvalue weighted by Crippen LogP contribution is -2.40. The van der Waals surface area contributed by atoms with E-state index < -0.39 is 0 Å². The van der Waals surface area contributed by atoms with Crippen LogP contribution in [0.3, 0.4) is 0 Å². The Labute approximate surface area is 175 Å². The Morgan fingerprint density at radius 1 is 1.10 bits per heavy atom. The molecule has 1 fully saturated rings. The van der Waals surface area contributed by atoms with Crippen LogP contribution in [0.4, 0.5) is 5.69 Å². The van der Waals surface area contributed by atoms with Gasteiger partial charge < -0.3 is 10.0 Å². The maximum Gasteiger partial charge on any atom is 0.282 e. The highest BCUT2D eigenvalue weighted by molar-refractivity contribution is 6.45. The highest BCUT2D eigenvalue weighted by atomic mass is 35.5. The highest BCUT2D eigenvalue weighted by Gasteiger charge is 2.43. The van der Waals surface area contributed by atoms with E-state index in [0.29, 0.717) is 35.1 Å². The van der Waals surface area contributed by atoms with Crippen molar-refractivity contribution in [2.75, 3.05) is 24.6 Å². The Morgan fingerprint density at radius 3 is 2.55 bits per heavy atom. The molecule has 4 rings (SSSR count). The molecule has 2 aromatic rings. The molecule has 1 unspecified atom stereocenters. The zero-order valence-electron chi connectivity index (χ0n) is 16.3. The summed E-state index contributed by atoms with van der Waals surface area (Å²) in [6.45, 7) is 3.30. The zero-order chi connectivity index (χ0) is 20.5. The van der Waals surface area contributed by atoms with Gasteiger partial charge in [-0.15, -0.1) is 0 Å². The molecule has 1 saturated heterocycles. The number of piperidine rings is 1. The van der Waals surface area contributed by atoms with Gasteiger partial charge in [-0.1, -0.05) is 47.5 Å². The molecule has 0 saturated carbocycles. The van der Waals surface area contributed by atoms with Crippen molar-refractivity contribution < 1.29 is 14.7 Å². The second-order valence-corrected chi connectivity index (χ2v) is 8.09. The molecule has 0 aliphatic carbocycles. The summed E-state index contributed by atoms with van der Waals surface area (Å²) in [6, 6.07) is 14.4. The highest BCUT2D eigenvalue weighted by Crippen LogP contribution is 2.37. The van der Waals surface area contributed by atoms with Gasteiger partial charge in [-0.25, -0.2) is 4.90 Å². The molecule has 2 aliphatic rings. The van der Waals surface area contributed by atoms with Gasteiger partial charge in [0.1, 0.15) is 5.70 Å². The molecule has 0 aromatic heterocycles. The first kappa shape index (κ1) is 19.7. The van der Waals surface area contributed by atoms with Gasteiger partial charge in [0, 0.05) is 24.7 Å². The smallest absolute Gasteiger partial charge is 0.282 e. The van der Waals surface area contributed by atoms with Gasteiger partial charge in [-0.05, 0) is 49.4 Å². The summed E-state index contributed by atoms with van der Waals surface area (Å²) in [5, 5.41) is 10.1. The molecule has 2 aromatic carbocycles. The van der Waals surface area contributed by atoms with E-state index in [9.17, 15) is 14.7 Å². The first-order valence-corrected chi connectivity index (χ1v) is 10.2. The number of benzene rings is 2. The van der Waals surface area contributed by atoms with Crippen molar-refractivity contribution in [1.82, 2.24) is 4.90 Å². The number of aliphatic hydroxyl groups excluding tert-OH is 1. The van der Waals surface area contributed by atoms with E-state index in [1.165, 1.54) is 4.90 Å². The van der Waals surface area contributed by atoms with Gasteiger partial charge in [-0.2, -0.15) is 0 Å². The summed E-state index contributed by atoms with van der Waals surface area (Å²) in [5.74, 6) is -0.590. The van der Waals surface area contributed by atoms with E-state index in [2.05, 4.69) is 0 Å². The van der Waals surface area contributed by atoms with Crippen LogP contribution in [-0.4, -0.2) is 41.5 Å².